The summed E-state index contributed by atoms with van der Waals surface area (Å²) in [5.74, 6) is 4.02. The number of hydrogen-bond donors (Lipinski definition) is 1. The third-order valence-electron chi connectivity index (χ3n) is 6.73. The van der Waals surface area contributed by atoms with Gasteiger partial charge in [0.2, 0.25) is 11.9 Å². The number of nitrogens with zero attached hydrogens (tertiary/aromatic N) is 5. The molecule has 0 bridgehead atoms. The lowest BCUT2D eigenvalue weighted by Crippen LogP contribution is -2.35. The van der Waals surface area contributed by atoms with Gasteiger partial charge in [-0.2, -0.15) is 15.0 Å². The molecule has 4 rings (SSSR count). The summed E-state index contributed by atoms with van der Waals surface area (Å²) in [6.07, 6.45) is 9.50. The van der Waals surface area contributed by atoms with Crippen LogP contribution >= 0.6 is 0 Å². The Kier molecular flexibility index (Phi) is 7.16. The van der Waals surface area contributed by atoms with Gasteiger partial charge in [0.05, 0.1) is 0 Å². The minimum Gasteiger partial charge on any atom is -0.341 e. The van der Waals surface area contributed by atoms with Gasteiger partial charge < -0.3 is 15.1 Å². The SMILES string of the molecule is Cc1nc(Nc2ccccc2)nc(N2CCC(CCCC3CCN(C)CC3)CC2)n1. The van der Waals surface area contributed by atoms with Crippen LogP contribution in [0.2, 0.25) is 0 Å². The zero-order valence-electron chi connectivity index (χ0n) is 18.6. The quantitative estimate of drug-likeness (QED) is 0.719. The first-order valence-electron chi connectivity index (χ1n) is 11.6. The number of aryl methyl sites for hydroxylation is 1. The predicted molar refractivity (Wildman–Crippen MR) is 123 cm³/mol. The third kappa shape index (κ3) is 5.91. The minimum atomic E-state index is 0.629. The van der Waals surface area contributed by atoms with Gasteiger partial charge in [-0.25, -0.2) is 0 Å². The van der Waals surface area contributed by atoms with Gasteiger partial charge in [-0.05, 0) is 76.7 Å². The number of anilines is 3. The van der Waals surface area contributed by atoms with E-state index in [9.17, 15) is 0 Å². The van der Waals surface area contributed by atoms with Gasteiger partial charge in [-0.3, -0.25) is 0 Å². The molecule has 0 radical (unpaired) electrons. The fourth-order valence-corrected chi connectivity index (χ4v) is 4.78. The lowest BCUT2D eigenvalue weighted by atomic mass is 9.87. The number of para-hydroxylation sites is 1. The highest BCUT2D eigenvalue weighted by molar-refractivity contribution is 5.53. The van der Waals surface area contributed by atoms with Crippen molar-refractivity contribution in [3.8, 4) is 0 Å². The smallest absolute Gasteiger partial charge is 0.232 e. The average Bonchev–Trinajstić information content (AvgIpc) is 2.76. The molecular formula is C24H36N6. The second-order valence-corrected chi connectivity index (χ2v) is 9.11. The maximum absolute atomic E-state index is 4.70. The summed E-state index contributed by atoms with van der Waals surface area (Å²) in [4.78, 5) is 18.6. The summed E-state index contributed by atoms with van der Waals surface area (Å²) in [5.41, 5.74) is 0.998. The number of aromatic nitrogens is 3. The molecule has 2 saturated heterocycles. The van der Waals surface area contributed by atoms with Crippen molar-refractivity contribution in [1.29, 1.82) is 0 Å². The van der Waals surface area contributed by atoms with Crippen LogP contribution in [-0.4, -0.2) is 53.1 Å². The van der Waals surface area contributed by atoms with E-state index in [4.69, 9.17) is 4.98 Å². The molecule has 0 aliphatic carbocycles. The molecule has 30 heavy (non-hydrogen) atoms. The Morgan fingerprint density at radius 3 is 2.17 bits per heavy atom. The van der Waals surface area contributed by atoms with Crippen molar-refractivity contribution in [3.63, 3.8) is 0 Å². The molecule has 2 aliphatic rings. The molecule has 0 atom stereocenters. The normalized spacial score (nSPS) is 19.2. The van der Waals surface area contributed by atoms with Crippen molar-refractivity contribution in [2.75, 3.05) is 43.4 Å². The topological polar surface area (TPSA) is 57.2 Å². The van der Waals surface area contributed by atoms with Gasteiger partial charge >= 0.3 is 0 Å². The van der Waals surface area contributed by atoms with Crippen molar-refractivity contribution in [1.82, 2.24) is 19.9 Å². The van der Waals surface area contributed by atoms with Gasteiger partial charge in [0.25, 0.3) is 0 Å². The van der Waals surface area contributed by atoms with Crippen molar-refractivity contribution in [2.45, 2.75) is 51.9 Å². The van der Waals surface area contributed by atoms with E-state index in [2.05, 4.69) is 32.1 Å². The number of piperidine rings is 2. The van der Waals surface area contributed by atoms with Gasteiger partial charge in [-0.1, -0.05) is 37.5 Å². The number of hydrogen-bond acceptors (Lipinski definition) is 6. The first-order chi connectivity index (χ1) is 14.7. The van der Waals surface area contributed by atoms with Crippen molar-refractivity contribution >= 4 is 17.6 Å². The van der Waals surface area contributed by atoms with Crippen LogP contribution in [0.15, 0.2) is 30.3 Å². The third-order valence-corrected chi connectivity index (χ3v) is 6.73. The zero-order chi connectivity index (χ0) is 20.8. The molecule has 0 saturated carbocycles. The van der Waals surface area contributed by atoms with Crippen molar-refractivity contribution in [2.24, 2.45) is 11.8 Å². The number of benzene rings is 1. The standard InChI is InChI=1S/C24H36N6/c1-19-25-23(27-22-9-4-3-5-10-22)28-24(26-19)30-17-13-21(14-18-30)8-6-7-20-11-15-29(2)16-12-20/h3-5,9-10,20-21H,6-8,11-18H2,1-2H3,(H,25,26,27,28). The average molecular weight is 409 g/mol. The van der Waals surface area contributed by atoms with Crippen LogP contribution in [-0.2, 0) is 0 Å². The second-order valence-electron chi connectivity index (χ2n) is 9.11. The van der Waals surface area contributed by atoms with Crippen LogP contribution < -0.4 is 10.2 Å². The highest BCUT2D eigenvalue weighted by Gasteiger charge is 2.23. The van der Waals surface area contributed by atoms with E-state index < -0.39 is 0 Å². The lowest BCUT2D eigenvalue weighted by Gasteiger charge is -2.33. The molecule has 2 fully saturated rings. The molecule has 6 nitrogen and oxygen atoms in total. The largest absolute Gasteiger partial charge is 0.341 e. The first kappa shape index (κ1) is 21.0. The van der Waals surface area contributed by atoms with E-state index in [1.807, 2.05) is 37.3 Å². The molecule has 6 heteroatoms. The van der Waals surface area contributed by atoms with E-state index in [-0.39, 0.29) is 0 Å². The minimum absolute atomic E-state index is 0.629. The Hall–Kier alpha value is -2.21. The molecule has 0 amide bonds. The molecule has 1 aromatic carbocycles. The molecule has 0 unspecified atom stereocenters. The first-order valence-corrected chi connectivity index (χ1v) is 11.6. The molecule has 1 aromatic heterocycles. The number of nitrogens with one attached hydrogen (secondary N) is 1. The molecular weight excluding hydrogens is 372 g/mol. The van der Waals surface area contributed by atoms with Crippen LogP contribution in [0.1, 0.15) is 50.8 Å². The second kappa shape index (κ2) is 10.2. The predicted octanol–water partition coefficient (Wildman–Crippen LogP) is 4.65. The Morgan fingerprint density at radius 2 is 1.50 bits per heavy atom. The summed E-state index contributed by atoms with van der Waals surface area (Å²) >= 11 is 0. The Morgan fingerprint density at radius 1 is 0.867 bits per heavy atom. The van der Waals surface area contributed by atoms with E-state index in [1.54, 1.807) is 0 Å². The van der Waals surface area contributed by atoms with Crippen LogP contribution in [0.4, 0.5) is 17.6 Å². The van der Waals surface area contributed by atoms with E-state index in [0.717, 1.165) is 42.4 Å². The highest BCUT2D eigenvalue weighted by Crippen LogP contribution is 2.28. The maximum atomic E-state index is 4.70. The highest BCUT2D eigenvalue weighted by atomic mass is 15.3. The summed E-state index contributed by atoms with van der Waals surface area (Å²) in [7, 11) is 2.25. The fourth-order valence-electron chi connectivity index (χ4n) is 4.78. The van der Waals surface area contributed by atoms with Gasteiger partial charge in [0.15, 0.2) is 0 Å². The van der Waals surface area contributed by atoms with Crippen molar-refractivity contribution < 1.29 is 0 Å². The van der Waals surface area contributed by atoms with Crippen LogP contribution in [0, 0.1) is 18.8 Å². The zero-order valence-corrected chi connectivity index (χ0v) is 18.6. The Bertz CT molecular complexity index is 780. The molecule has 2 aliphatic heterocycles. The molecule has 1 N–H and O–H groups in total. The Balaban J connectivity index is 1.24. The molecule has 2 aromatic rings. The van der Waals surface area contributed by atoms with E-state index in [1.165, 1.54) is 58.0 Å². The summed E-state index contributed by atoms with van der Waals surface area (Å²) in [6.45, 7) is 6.61. The molecule has 162 valence electrons. The van der Waals surface area contributed by atoms with Crippen LogP contribution in [0.25, 0.3) is 0 Å². The van der Waals surface area contributed by atoms with Gasteiger partial charge in [0.1, 0.15) is 5.82 Å². The monoisotopic (exact) mass is 408 g/mol. The molecule has 3 heterocycles. The summed E-state index contributed by atoms with van der Waals surface area (Å²) < 4.78 is 0. The Labute approximate surface area is 181 Å². The van der Waals surface area contributed by atoms with Crippen LogP contribution in [0.3, 0.4) is 0 Å². The van der Waals surface area contributed by atoms with E-state index >= 15 is 0 Å². The fraction of sp³-hybridized carbons (Fsp3) is 0.625. The summed E-state index contributed by atoms with van der Waals surface area (Å²) in [5, 5.41) is 3.30. The van der Waals surface area contributed by atoms with E-state index in [0.29, 0.717) is 5.95 Å². The van der Waals surface area contributed by atoms with Crippen LogP contribution in [0.5, 0.6) is 0 Å². The number of likely N-dealkylation sites (tertiary alicyclic amines) is 1. The maximum Gasteiger partial charge on any atom is 0.232 e. The molecule has 0 spiro atoms. The van der Waals surface area contributed by atoms with Gasteiger partial charge in [-0.15, -0.1) is 0 Å². The van der Waals surface area contributed by atoms with Crippen molar-refractivity contribution in [3.05, 3.63) is 36.2 Å². The number of rotatable bonds is 7. The summed E-state index contributed by atoms with van der Waals surface area (Å²) in [6, 6.07) is 10.1. The lowest BCUT2D eigenvalue weighted by molar-refractivity contribution is 0.206. The van der Waals surface area contributed by atoms with Gasteiger partial charge in [0, 0.05) is 18.8 Å².